The predicted octanol–water partition coefficient (Wildman–Crippen LogP) is 3.61. The van der Waals surface area contributed by atoms with Crippen LogP contribution in [0.3, 0.4) is 0 Å². The maximum atomic E-state index is 12.8. The van der Waals surface area contributed by atoms with E-state index >= 15 is 0 Å². The molecule has 0 saturated carbocycles. The van der Waals surface area contributed by atoms with Gasteiger partial charge in [0, 0.05) is 49.2 Å². The van der Waals surface area contributed by atoms with Crippen LogP contribution in [0.4, 0.5) is 45.1 Å². The third-order valence-electron chi connectivity index (χ3n) is 5.90. The lowest BCUT2D eigenvalue weighted by atomic mass is 10.2. The lowest BCUT2D eigenvalue weighted by molar-refractivity contribution is -0.192. The molecule has 2 aromatic heterocycles. The SMILES string of the molecule is FC(F)c1ccc(Nc2cc(N3CC4CC3CO4)cc(N3CCOCC3)n2)nc1.O=C(O)C(F)(F)F. The van der Waals surface area contributed by atoms with Crippen LogP contribution in [0, 0.1) is 0 Å². The molecule has 3 aliphatic heterocycles. The first-order valence-electron chi connectivity index (χ1n) is 11.1. The second-order valence-corrected chi connectivity index (χ2v) is 8.37. The highest BCUT2D eigenvalue weighted by atomic mass is 19.4. The van der Waals surface area contributed by atoms with Gasteiger partial charge in [0.05, 0.1) is 32.0 Å². The minimum Gasteiger partial charge on any atom is -0.475 e. The molecule has 14 heteroatoms. The fourth-order valence-corrected chi connectivity index (χ4v) is 4.14. The van der Waals surface area contributed by atoms with Gasteiger partial charge in [-0.2, -0.15) is 13.2 Å². The molecule has 5 rings (SSSR count). The molecule has 9 nitrogen and oxygen atoms in total. The number of alkyl halides is 5. The van der Waals surface area contributed by atoms with Gasteiger partial charge in [0.2, 0.25) is 0 Å². The van der Waals surface area contributed by atoms with E-state index in [2.05, 4.69) is 26.2 Å². The van der Waals surface area contributed by atoms with Crippen molar-refractivity contribution in [3.63, 3.8) is 0 Å². The Balaban J connectivity index is 0.000000384. The molecule has 2 unspecified atom stereocenters. The number of nitrogens with zero attached hydrogens (tertiary/aromatic N) is 4. The average Bonchev–Trinajstić information content (AvgIpc) is 3.49. The Morgan fingerprint density at radius 3 is 2.42 bits per heavy atom. The number of hydrogen-bond acceptors (Lipinski definition) is 8. The van der Waals surface area contributed by atoms with Gasteiger partial charge in [-0.25, -0.2) is 23.5 Å². The van der Waals surface area contributed by atoms with Gasteiger partial charge in [0.1, 0.15) is 17.5 Å². The number of anilines is 4. The summed E-state index contributed by atoms with van der Waals surface area (Å²) in [6, 6.07) is 7.42. The monoisotopic (exact) mass is 517 g/mol. The Hall–Kier alpha value is -3.26. The van der Waals surface area contributed by atoms with E-state index in [9.17, 15) is 22.0 Å². The number of carboxylic acids is 1. The van der Waals surface area contributed by atoms with Gasteiger partial charge < -0.3 is 29.7 Å². The Labute approximate surface area is 202 Å². The maximum absolute atomic E-state index is 12.8. The summed E-state index contributed by atoms with van der Waals surface area (Å²) in [5.74, 6) is -0.753. The number of hydrogen-bond donors (Lipinski definition) is 2. The van der Waals surface area contributed by atoms with E-state index in [1.807, 2.05) is 6.07 Å². The van der Waals surface area contributed by atoms with E-state index in [1.165, 1.54) is 12.3 Å². The summed E-state index contributed by atoms with van der Waals surface area (Å²) >= 11 is 0. The molecule has 5 heterocycles. The van der Waals surface area contributed by atoms with E-state index in [0.717, 1.165) is 44.2 Å². The van der Waals surface area contributed by atoms with Gasteiger partial charge in [-0.1, -0.05) is 0 Å². The van der Waals surface area contributed by atoms with Crippen molar-refractivity contribution in [3.8, 4) is 0 Å². The fraction of sp³-hybridized carbons (Fsp3) is 0.500. The number of halogens is 5. The molecule has 2 aromatic rings. The minimum absolute atomic E-state index is 0.0978. The minimum atomic E-state index is -5.08. The molecule has 3 fully saturated rings. The fourth-order valence-electron chi connectivity index (χ4n) is 4.14. The predicted molar refractivity (Wildman–Crippen MR) is 119 cm³/mol. The van der Waals surface area contributed by atoms with E-state index in [4.69, 9.17) is 24.4 Å². The van der Waals surface area contributed by atoms with Crippen LogP contribution in [0.2, 0.25) is 0 Å². The van der Waals surface area contributed by atoms with Gasteiger partial charge in [0.15, 0.2) is 0 Å². The van der Waals surface area contributed by atoms with E-state index < -0.39 is 18.6 Å². The number of carboxylic acid groups (broad SMARTS) is 1. The lowest BCUT2D eigenvalue weighted by Gasteiger charge is -2.32. The molecule has 0 radical (unpaired) electrons. The number of morpholine rings is 2. The summed E-state index contributed by atoms with van der Waals surface area (Å²) in [5.41, 5.74) is 0.989. The van der Waals surface area contributed by atoms with Crippen molar-refractivity contribution >= 4 is 29.1 Å². The molecule has 36 heavy (non-hydrogen) atoms. The highest BCUT2D eigenvalue weighted by molar-refractivity contribution is 5.73. The number of aliphatic carboxylic acids is 1. The Kier molecular flexibility index (Phi) is 7.73. The van der Waals surface area contributed by atoms with Crippen molar-refractivity contribution in [2.24, 2.45) is 0 Å². The third kappa shape index (κ3) is 6.29. The molecule has 2 N–H and O–H groups in total. The highest BCUT2D eigenvalue weighted by Gasteiger charge is 2.39. The molecule has 3 saturated heterocycles. The molecule has 2 bridgehead atoms. The molecule has 0 spiro atoms. The van der Waals surface area contributed by atoms with Crippen LogP contribution < -0.4 is 15.1 Å². The second kappa shape index (κ2) is 10.8. The van der Waals surface area contributed by atoms with Crippen molar-refractivity contribution in [1.29, 1.82) is 0 Å². The molecule has 196 valence electrons. The summed E-state index contributed by atoms with van der Waals surface area (Å²) in [7, 11) is 0. The summed E-state index contributed by atoms with van der Waals surface area (Å²) in [6.07, 6.45) is -5.08. The van der Waals surface area contributed by atoms with Crippen molar-refractivity contribution in [2.75, 3.05) is 54.6 Å². The highest BCUT2D eigenvalue weighted by Crippen LogP contribution is 2.35. The molecular formula is C22H24F5N5O4. The van der Waals surface area contributed by atoms with Crippen molar-refractivity contribution in [1.82, 2.24) is 9.97 Å². The standard InChI is InChI=1S/C20H23F2N5O2.C2HF3O2/c21-20(22)13-1-2-17(23-10-13)24-18-8-14(27-11-16-7-15(27)12-29-16)9-19(25-18)26-3-5-28-6-4-26;3-2(4,5)1(6)7/h1-2,8-10,15-16,20H,3-7,11-12H2,(H,23,24,25);(H,6,7). The number of carbonyl (C=O) groups is 1. The van der Waals surface area contributed by atoms with Gasteiger partial charge in [-0.15, -0.1) is 0 Å². The van der Waals surface area contributed by atoms with Crippen LogP contribution >= 0.6 is 0 Å². The number of fused-ring (bicyclic) bond motifs is 2. The van der Waals surface area contributed by atoms with Gasteiger partial charge in [0.25, 0.3) is 6.43 Å². The topological polar surface area (TPSA) is 100 Å². The van der Waals surface area contributed by atoms with Crippen LogP contribution in [0.5, 0.6) is 0 Å². The molecule has 2 atom stereocenters. The Morgan fingerprint density at radius 2 is 1.89 bits per heavy atom. The zero-order valence-corrected chi connectivity index (χ0v) is 18.9. The van der Waals surface area contributed by atoms with Crippen molar-refractivity contribution in [3.05, 3.63) is 36.0 Å². The Morgan fingerprint density at radius 1 is 1.17 bits per heavy atom. The first-order chi connectivity index (χ1) is 17.1. The number of nitrogens with one attached hydrogen (secondary N) is 1. The van der Waals surface area contributed by atoms with Crippen molar-refractivity contribution in [2.45, 2.75) is 31.2 Å². The van der Waals surface area contributed by atoms with Gasteiger partial charge >= 0.3 is 12.1 Å². The van der Waals surface area contributed by atoms with E-state index in [-0.39, 0.29) is 5.56 Å². The summed E-state index contributed by atoms with van der Waals surface area (Å²) in [6.45, 7) is 4.54. The van der Waals surface area contributed by atoms with Crippen LogP contribution in [-0.4, -0.2) is 78.8 Å². The number of ether oxygens (including phenoxy) is 2. The first kappa shape index (κ1) is 25.8. The molecule has 0 amide bonds. The summed E-state index contributed by atoms with van der Waals surface area (Å²) < 4.78 is 68.5. The maximum Gasteiger partial charge on any atom is 0.490 e. The van der Waals surface area contributed by atoms with Gasteiger partial charge in [-0.05, 0) is 18.6 Å². The zero-order chi connectivity index (χ0) is 25.9. The quantitative estimate of drug-likeness (QED) is 0.577. The Bertz CT molecular complexity index is 1050. The smallest absolute Gasteiger partial charge is 0.475 e. The van der Waals surface area contributed by atoms with Crippen LogP contribution in [0.25, 0.3) is 0 Å². The van der Waals surface area contributed by atoms with Crippen LogP contribution in [0.15, 0.2) is 30.5 Å². The second-order valence-electron chi connectivity index (χ2n) is 8.37. The summed E-state index contributed by atoms with van der Waals surface area (Å²) in [4.78, 5) is 22.3. The number of aromatic nitrogens is 2. The largest absolute Gasteiger partial charge is 0.490 e. The average molecular weight is 517 g/mol. The van der Waals surface area contributed by atoms with Crippen molar-refractivity contribution < 1.29 is 41.3 Å². The molecular weight excluding hydrogens is 493 g/mol. The van der Waals surface area contributed by atoms with Crippen LogP contribution in [-0.2, 0) is 14.3 Å². The molecule has 0 aromatic carbocycles. The summed E-state index contributed by atoms with van der Waals surface area (Å²) in [5, 5.41) is 10.3. The van der Waals surface area contributed by atoms with Gasteiger partial charge in [-0.3, -0.25) is 0 Å². The number of rotatable bonds is 5. The van der Waals surface area contributed by atoms with Crippen LogP contribution in [0.1, 0.15) is 18.4 Å². The zero-order valence-electron chi connectivity index (χ0n) is 18.9. The first-order valence-corrected chi connectivity index (χ1v) is 11.1. The normalized spacial score (nSPS) is 21.4. The van der Waals surface area contributed by atoms with E-state index in [1.54, 1.807) is 6.07 Å². The third-order valence-corrected chi connectivity index (χ3v) is 5.90. The molecule has 0 aliphatic carbocycles. The number of pyridine rings is 2. The lowest BCUT2D eigenvalue weighted by Crippen LogP contribution is -2.38. The van der Waals surface area contributed by atoms with E-state index in [0.29, 0.717) is 37.0 Å². The molecule has 3 aliphatic rings.